The lowest BCUT2D eigenvalue weighted by Crippen LogP contribution is -2.24. The molecule has 0 radical (unpaired) electrons. The average Bonchev–Trinajstić information content (AvgIpc) is 3.04. The molecule has 0 spiro atoms. The van der Waals surface area contributed by atoms with E-state index in [9.17, 15) is 9.59 Å². The Morgan fingerprint density at radius 3 is 2.40 bits per heavy atom. The van der Waals surface area contributed by atoms with Crippen molar-refractivity contribution in [2.24, 2.45) is 0 Å². The van der Waals surface area contributed by atoms with Crippen LogP contribution in [0.3, 0.4) is 0 Å². The second kappa shape index (κ2) is 7.71. The second-order valence-corrected chi connectivity index (χ2v) is 5.99. The summed E-state index contributed by atoms with van der Waals surface area (Å²) in [6.45, 7) is 0. The van der Waals surface area contributed by atoms with E-state index >= 15 is 0 Å². The Hall–Kier alpha value is -3.00. The zero-order valence-electron chi connectivity index (χ0n) is 13.4. The summed E-state index contributed by atoms with van der Waals surface area (Å²) in [5.74, 6) is 0.0182. The molecule has 1 heterocycles. The molecular formula is C17H16N4O3S. The van der Waals surface area contributed by atoms with E-state index in [2.05, 4.69) is 20.9 Å². The van der Waals surface area contributed by atoms with Gasteiger partial charge in [-0.3, -0.25) is 4.79 Å². The number of urea groups is 1. The third-order valence-electron chi connectivity index (χ3n) is 3.25. The summed E-state index contributed by atoms with van der Waals surface area (Å²) in [7, 11) is 1.54. The fraction of sp³-hybridized carbons (Fsp3) is 0.118. The van der Waals surface area contributed by atoms with Crippen LogP contribution in [0, 0.1) is 0 Å². The van der Waals surface area contributed by atoms with Gasteiger partial charge in [-0.25, -0.2) is 9.78 Å². The number of fused-ring (bicyclic) bond motifs is 1. The van der Waals surface area contributed by atoms with Crippen LogP contribution in [0.1, 0.15) is 0 Å². The summed E-state index contributed by atoms with van der Waals surface area (Å²) in [6, 6.07) is 14.0. The molecule has 128 valence electrons. The number of para-hydroxylation sites is 2. The van der Waals surface area contributed by atoms with Gasteiger partial charge in [0.2, 0.25) is 5.91 Å². The molecule has 8 heteroatoms. The number of benzene rings is 2. The van der Waals surface area contributed by atoms with Crippen LogP contribution in [0.25, 0.3) is 11.1 Å². The highest BCUT2D eigenvalue weighted by Gasteiger charge is 2.09. The second-order valence-electron chi connectivity index (χ2n) is 5.07. The molecular weight excluding hydrogens is 340 g/mol. The fourth-order valence-corrected chi connectivity index (χ4v) is 2.71. The number of oxazole rings is 1. The molecule has 3 amide bonds. The van der Waals surface area contributed by atoms with Crippen LogP contribution in [0.5, 0.6) is 0 Å². The van der Waals surface area contributed by atoms with E-state index in [0.29, 0.717) is 22.2 Å². The number of carbonyl (C=O) groups excluding carboxylic acids is 2. The molecule has 0 saturated carbocycles. The predicted molar refractivity (Wildman–Crippen MR) is 97.9 cm³/mol. The third-order valence-corrected chi connectivity index (χ3v) is 4.08. The Morgan fingerprint density at radius 1 is 1.04 bits per heavy atom. The first-order valence-corrected chi connectivity index (χ1v) is 8.49. The van der Waals surface area contributed by atoms with E-state index < -0.39 is 0 Å². The van der Waals surface area contributed by atoms with Crippen LogP contribution in [0.4, 0.5) is 16.2 Å². The molecule has 3 aromatic rings. The largest absolute Gasteiger partial charge is 0.431 e. The van der Waals surface area contributed by atoms with E-state index in [1.54, 1.807) is 31.3 Å². The van der Waals surface area contributed by atoms with Crippen molar-refractivity contribution in [1.29, 1.82) is 0 Å². The van der Waals surface area contributed by atoms with Gasteiger partial charge in [0, 0.05) is 18.4 Å². The first-order chi connectivity index (χ1) is 12.1. The van der Waals surface area contributed by atoms with Crippen LogP contribution in [0.2, 0.25) is 0 Å². The third kappa shape index (κ3) is 4.51. The van der Waals surface area contributed by atoms with E-state index in [1.807, 2.05) is 24.3 Å². The minimum absolute atomic E-state index is 0.167. The van der Waals surface area contributed by atoms with Crippen molar-refractivity contribution < 1.29 is 14.0 Å². The molecule has 0 atom stereocenters. The van der Waals surface area contributed by atoms with E-state index in [0.717, 1.165) is 5.52 Å². The molecule has 0 bridgehead atoms. The van der Waals surface area contributed by atoms with E-state index in [1.165, 1.54) is 11.8 Å². The Balaban J connectivity index is 1.52. The topological polar surface area (TPSA) is 96.3 Å². The highest BCUT2D eigenvalue weighted by Crippen LogP contribution is 2.23. The normalized spacial score (nSPS) is 10.4. The lowest BCUT2D eigenvalue weighted by molar-refractivity contribution is -0.113. The summed E-state index contributed by atoms with van der Waals surface area (Å²) < 4.78 is 5.56. The van der Waals surface area contributed by atoms with Crippen LogP contribution in [-0.4, -0.2) is 29.7 Å². The molecule has 7 nitrogen and oxygen atoms in total. The SMILES string of the molecule is CNC(=O)Nc1ccc(NC(=O)CSc2nc3ccccc3o2)cc1. The number of rotatable bonds is 5. The van der Waals surface area contributed by atoms with E-state index in [4.69, 9.17) is 4.42 Å². The summed E-state index contributed by atoms with van der Waals surface area (Å²) in [6.07, 6.45) is 0. The van der Waals surface area contributed by atoms with Gasteiger partial charge >= 0.3 is 6.03 Å². The van der Waals surface area contributed by atoms with Crippen molar-refractivity contribution in [3.05, 3.63) is 48.5 Å². The average molecular weight is 356 g/mol. The first-order valence-electron chi connectivity index (χ1n) is 7.51. The van der Waals surface area contributed by atoms with Gasteiger partial charge in [-0.05, 0) is 36.4 Å². The number of nitrogens with zero attached hydrogens (tertiary/aromatic N) is 1. The van der Waals surface area contributed by atoms with Gasteiger partial charge in [0.15, 0.2) is 5.58 Å². The Morgan fingerprint density at radius 2 is 1.72 bits per heavy atom. The van der Waals surface area contributed by atoms with Crippen molar-refractivity contribution in [2.75, 3.05) is 23.4 Å². The maximum atomic E-state index is 12.0. The monoisotopic (exact) mass is 356 g/mol. The Labute approximate surface area is 148 Å². The molecule has 0 fully saturated rings. The molecule has 25 heavy (non-hydrogen) atoms. The number of thioether (sulfide) groups is 1. The van der Waals surface area contributed by atoms with Crippen molar-refractivity contribution in [3.63, 3.8) is 0 Å². The number of hydrogen-bond acceptors (Lipinski definition) is 5. The van der Waals surface area contributed by atoms with Gasteiger partial charge in [-0.1, -0.05) is 23.9 Å². The minimum Gasteiger partial charge on any atom is -0.431 e. The maximum Gasteiger partial charge on any atom is 0.318 e. The molecule has 3 rings (SSSR count). The molecule has 0 aliphatic heterocycles. The van der Waals surface area contributed by atoms with Crippen molar-refractivity contribution in [3.8, 4) is 0 Å². The smallest absolute Gasteiger partial charge is 0.318 e. The zero-order valence-corrected chi connectivity index (χ0v) is 14.2. The minimum atomic E-state index is -0.300. The lowest BCUT2D eigenvalue weighted by atomic mass is 10.3. The summed E-state index contributed by atoms with van der Waals surface area (Å²) in [5, 5.41) is 8.35. The van der Waals surface area contributed by atoms with Gasteiger partial charge in [-0.15, -0.1) is 0 Å². The standard InChI is InChI=1S/C17H16N4O3S/c1-18-16(23)20-12-8-6-11(7-9-12)19-15(22)10-25-17-21-13-4-2-3-5-14(13)24-17/h2-9H,10H2,1H3,(H,19,22)(H2,18,20,23). The number of amides is 3. The molecule has 1 aromatic heterocycles. The zero-order chi connectivity index (χ0) is 17.6. The molecule has 0 aliphatic rings. The first kappa shape index (κ1) is 16.8. The van der Waals surface area contributed by atoms with Crippen LogP contribution in [0.15, 0.2) is 58.2 Å². The van der Waals surface area contributed by atoms with Gasteiger partial charge in [0.1, 0.15) is 5.52 Å². The van der Waals surface area contributed by atoms with Gasteiger partial charge in [0.25, 0.3) is 5.22 Å². The van der Waals surface area contributed by atoms with Crippen molar-refractivity contribution in [1.82, 2.24) is 10.3 Å². The molecule has 3 N–H and O–H groups in total. The van der Waals surface area contributed by atoms with Gasteiger partial charge in [0.05, 0.1) is 5.75 Å². The predicted octanol–water partition coefficient (Wildman–Crippen LogP) is 3.31. The number of nitrogens with one attached hydrogen (secondary N) is 3. The quantitative estimate of drug-likeness (QED) is 0.610. The number of anilines is 2. The Kier molecular flexibility index (Phi) is 5.20. The van der Waals surface area contributed by atoms with Crippen LogP contribution in [-0.2, 0) is 4.79 Å². The summed E-state index contributed by atoms with van der Waals surface area (Å²) in [4.78, 5) is 27.6. The molecule has 0 unspecified atom stereocenters. The number of carbonyl (C=O) groups is 2. The molecule has 2 aromatic carbocycles. The fourth-order valence-electron chi connectivity index (χ4n) is 2.07. The van der Waals surface area contributed by atoms with Crippen LogP contribution >= 0.6 is 11.8 Å². The van der Waals surface area contributed by atoms with Crippen LogP contribution < -0.4 is 16.0 Å². The van der Waals surface area contributed by atoms with Crippen molar-refractivity contribution >= 4 is 46.2 Å². The van der Waals surface area contributed by atoms with E-state index in [-0.39, 0.29) is 17.7 Å². The number of hydrogen-bond donors (Lipinski definition) is 3. The number of aromatic nitrogens is 1. The van der Waals surface area contributed by atoms with Crippen molar-refractivity contribution in [2.45, 2.75) is 5.22 Å². The summed E-state index contributed by atoms with van der Waals surface area (Å²) >= 11 is 1.23. The lowest BCUT2D eigenvalue weighted by Gasteiger charge is -2.07. The van der Waals surface area contributed by atoms with Gasteiger partial charge in [-0.2, -0.15) is 0 Å². The Bertz CT molecular complexity index is 859. The molecule has 0 saturated heterocycles. The van der Waals surface area contributed by atoms with Gasteiger partial charge < -0.3 is 20.4 Å². The molecule has 0 aliphatic carbocycles. The highest BCUT2D eigenvalue weighted by molar-refractivity contribution is 7.99. The highest BCUT2D eigenvalue weighted by atomic mass is 32.2. The maximum absolute atomic E-state index is 12.0. The summed E-state index contributed by atoms with van der Waals surface area (Å²) in [5.41, 5.74) is 2.75.